The fraction of sp³-hybridized carbons (Fsp3) is 0.562. The zero-order valence-corrected chi connectivity index (χ0v) is 12.2. The molecule has 0 radical (unpaired) electrons. The second-order valence-corrected chi connectivity index (χ2v) is 6.02. The van der Waals surface area contributed by atoms with E-state index in [1.807, 2.05) is 24.3 Å². The number of rotatable bonds is 4. The van der Waals surface area contributed by atoms with Gasteiger partial charge in [-0.1, -0.05) is 24.3 Å². The van der Waals surface area contributed by atoms with E-state index >= 15 is 0 Å². The zero-order chi connectivity index (χ0) is 14.8. The summed E-state index contributed by atoms with van der Waals surface area (Å²) in [6.07, 6.45) is 1.47. The molecule has 5 nitrogen and oxygen atoms in total. The maximum Gasteiger partial charge on any atom is 0.224 e. The van der Waals surface area contributed by atoms with Crippen LogP contribution in [-0.2, 0) is 11.3 Å². The molecule has 2 saturated heterocycles. The molecule has 4 N–H and O–H groups in total. The van der Waals surface area contributed by atoms with Crippen LogP contribution in [0.1, 0.15) is 30.1 Å². The Morgan fingerprint density at radius 3 is 2.86 bits per heavy atom. The summed E-state index contributed by atoms with van der Waals surface area (Å²) in [4.78, 5) is 14.0. The van der Waals surface area contributed by atoms with Crippen molar-refractivity contribution in [2.45, 2.75) is 31.5 Å². The average Bonchev–Trinajstić information content (AvgIpc) is 2.90. The summed E-state index contributed by atoms with van der Waals surface area (Å²) in [5, 5.41) is 13.4. The van der Waals surface area contributed by atoms with E-state index in [9.17, 15) is 9.90 Å². The molecule has 2 heterocycles. The number of carbonyl (C=O) groups excluding carboxylic acids is 1. The van der Waals surface area contributed by atoms with Crippen LogP contribution >= 0.6 is 0 Å². The number of aliphatic hydroxyl groups is 1. The lowest BCUT2D eigenvalue weighted by Crippen LogP contribution is -2.47. The van der Waals surface area contributed by atoms with Crippen LogP contribution in [0.15, 0.2) is 24.3 Å². The largest absolute Gasteiger partial charge is 0.387 e. The molecule has 0 aliphatic carbocycles. The van der Waals surface area contributed by atoms with Crippen molar-refractivity contribution < 1.29 is 9.90 Å². The summed E-state index contributed by atoms with van der Waals surface area (Å²) >= 11 is 0. The number of β-amino-alcohol motifs (C(OH)–C–C–N with tert-alkyl or cyclic N) is 1. The Morgan fingerprint density at radius 1 is 1.38 bits per heavy atom. The summed E-state index contributed by atoms with van der Waals surface area (Å²) in [6.45, 7) is 2.76. The first-order valence-electron chi connectivity index (χ1n) is 7.68. The first-order chi connectivity index (χ1) is 10.2. The molecule has 0 aromatic heterocycles. The molecule has 0 bridgehead atoms. The molecule has 1 aromatic rings. The number of benzene rings is 1. The van der Waals surface area contributed by atoms with Crippen molar-refractivity contribution in [2.75, 3.05) is 19.6 Å². The summed E-state index contributed by atoms with van der Waals surface area (Å²) in [5.41, 5.74) is 7.56. The molecule has 114 valence electrons. The van der Waals surface area contributed by atoms with Crippen molar-refractivity contribution in [1.29, 1.82) is 0 Å². The molecule has 2 fully saturated rings. The molecule has 2 aliphatic heterocycles. The van der Waals surface area contributed by atoms with E-state index in [4.69, 9.17) is 5.73 Å². The number of hydrogen-bond acceptors (Lipinski definition) is 4. The average molecular weight is 289 g/mol. The summed E-state index contributed by atoms with van der Waals surface area (Å²) in [6, 6.07) is 8.03. The van der Waals surface area contributed by atoms with Gasteiger partial charge in [0.25, 0.3) is 0 Å². The van der Waals surface area contributed by atoms with Crippen LogP contribution < -0.4 is 11.1 Å². The third-order valence-electron chi connectivity index (χ3n) is 4.72. The van der Waals surface area contributed by atoms with Gasteiger partial charge in [-0.3, -0.25) is 9.69 Å². The molecule has 5 heteroatoms. The topological polar surface area (TPSA) is 78.6 Å². The van der Waals surface area contributed by atoms with Crippen molar-refractivity contribution in [3.63, 3.8) is 0 Å². The third-order valence-corrected chi connectivity index (χ3v) is 4.72. The van der Waals surface area contributed by atoms with Crippen molar-refractivity contribution in [3.05, 3.63) is 35.4 Å². The zero-order valence-electron chi connectivity index (χ0n) is 12.2. The number of aliphatic hydroxyl groups excluding tert-OH is 1. The molecule has 0 saturated carbocycles. The summed E-state index contributed by atoms with van der Waals surface area (Å²) in [7, 11) is 0. The number of hydrogen-bond donors (Lipinski definition) is 3. The Balaban J connectivity index is 1.66. The highest BCUT2D eigenvalue weighted by Crippen LogP contribution is 2.29. The molecular weight excluding hydrogens is 266 g/mol. The molecule has 3 rings (SSSR count). The quantitative estimate of drug-likeness (QED) is 0.749. The molecule has 2 aliphatic rings. The van der Waals surface area contributed by atoms with Gasteiger partial charge in [0.1, 0.15) is 0 Å². The molecule has 21 heavy (non-hydrogen) atoms. The second kappa shape index (κ2) is 6.13. The highest BCUT2D eigenvalue weighted by Gasteiger charge is 2.41. The Kier molecular flexibility index (Phi) is 4.24. The van der Waals surface area contributed by atoms with Gasteiger partial charge in [-0.2, -0.15) is 0 Å². The van der Waals surface area contributed by atoms with Gasteiger partial charge in [0, 0.05) is 25.7 Å². The van der Waals surface area contributed by atoms with E-state index < -0.39 is 6.10 Å². The lowest BCUT2D eigenvalue weighted by Gasteiger charge is -2.37. The Morgan fingerprint density at radius 2 is 2.14 bits per heavy atom. The minimum atomic E-state index is -0.522. The fourth-order valence-corrected chi connectivity index (χ4v) is 3.47. The molecule has 3 atom stereocenters. The minimum absolute atomic E-state index is 0.102. The second-order valence-electron chi connectivity index (χ2n) is 6.02. The number of nitrogens with zero attached hydrogens (tertiary/aromatic N) is 1. The number of nitrogens with one attached hydrogen (secondary N) is 1. The molecule has 0 spiro atoms. The van der Waals surface area contributed by atoms with Gasteiger partial charge in [0.05, 0.1) is 12.0 Å². The van der Waals surface area contributed by atoms with Crippen molar-refractivity contribution in [2.24, 2.45) is 11.7 Å². The van der Waals surface area contributed by atoms with Crippen molar-refractivity contribution in [3.8, 4) is 0 Å². The summed E-state index contributed by atoms with van der Waals surface area (Å²) in [5.74, 6) is 0.275. The maximum absolute atomic E-state index is 11.8. The summed E-state index contributed by atoms with van der Waals surface area (Å²) < 4.78 is 0. The van der Waals surface area contributed by atoms with Crippen LogP contribution in [0.2, 0.25) is 0 Å². The van der Waals surface area contributed by atoms with Gasteiger partial charge in [0.15, 0.2) is 0 Å². The smallest absolute Gasteiger partial charge is 0.224 e. The van der Waals surface area contributed by atoms with E-state index in [0.29, 0.717) is 19.6 Å². The van der Waals surface area contributed by atoms with E-state index in [1.54, 1.807) is 0 Å². The van der Waals surface area contributed by atoms with Crippen LogP contribution in [0.5, 0.6) is 0 Å². The van der Waals surface area contributed by atoms with Crippen molar-refractivity contribution >= 4 is 5.91 Å². The Bertz CT molecular complexity index is 503. The number of nitrogens with two attached hydrogens (primary N) is 1. The Labute approximate surface area is 125 Å². The van der Waals surface area contributed by atoms with Crippen LogP contribution in [-0.4, -0.2) is 41.6 Å². The number of likely N-dealkylation sites (tertiary alicyclic amines) is 1. The van der Waals surface area contributed by atoms with Crippen molar-refractivity contribution in [1.82, 2.24) is 10.2 Å². The predicted octanol–water partition coefficient (Wildman–Crippen LogP) is 0.389. The van der Waals surface area contributed by atoms with E-state index in [-0.39, 0.29) is 17.9 Å². The van der Waals surface area contributed by atoms with Gasteiger partial charge in [-0.15, -0.1) is 0 Å². The standard InChI is InChI=1S/C16H23N3O2/c17-8-11-3-5-12(6-4-11)15(20)10-19-7-1-2-13-14(19)9-18-16(13)21/h3-6,13-15,20H,1-2,7-10,17H2,(H,18,21). The lowest BCUT2D eigenvalue weighted by atomic mass is 9.91. The fourth-order valence-electron chi connectivity index (χ4n) is 3.47. The molecular formula is C16H23N3O2. The molecule has 1 aromatic carbocycles. The van der Waals surface area contributed by atoms with Crippen LogP contribution in [0.25, 0.3) is 0 Å². The van der Waals surface area contributed by atoms with Crippen LogP contribution in [0, 0.1) is 5.92 Å². The predicted molar refractivity (Wildman–Crippen MR) is 80.4 cm³/mol. The van der Waals surface area contributed by atoms with Crippen LogP contribution in [0.4, 0.5) is 0 Å². The van der Waals surface area contributed by atoms with Gasteiger partial charge >= 0.3 is 0 Å². The third kappa shape index (κ3) is 2.95. The first kappa shape index (κ1) is 14.5. The highest BCUT2D eigenvalue weighted by atomic mass is 16.3. The van der Waals surface area contributed by atoms with E-state index in [2.05, 4.69) is 10.2 Å². The number of fused-ring (bicyclic) bond motifs is 1. The van der Waals surface area contributed by atoms with Gasteiger partial charge in [-0.25, -0.2) is 0 Å². The Hall–Kier alpha value is -1.43. The minimum Gasteiger partial charge on any atom is -0.387 e. The van der Waals surface area contributed by atoms with Gasteiger partial charge in [-0.05, 0) is 30.5 Å². The maximum atomic E-state index is 11.8. The number of carbonyl (C=O) groups is 1. The molecule has 1 amide bonds. The molecule has 3 unspecified atom stereocenters. The first-order valence-corrected chi connectivity index (χ1v) is 7.68. The number of amides is 1. The van der Waals surface area contributed by atoms with Gasteiger partial charge in [0.2, 0.25) is 5.91 Å². The van der Waals surface area contributed by atoms with Gasteiger partial charge < -0.3 is 16.2 Å². The van der Waals surface area contributed by atoms with E-state index in [0.717, 1.165) is 30.5 Å². The lowest BCUT2D eigenvalue weighted by molar-refractivity contribution is -0.124. The number of piperidine rings is 1. The highest BCUT2D eigenvalue weighted by molar-refractivity contribution is 5.82. The van der Waals surface area contributed by atoms with Crippen LogP contribution in [0.3, 0.4) is 0 Å². The normalized spacial score (nSPS) is 27.2. The monoisotopic (exact) mass is 289 g/mol. The SMILES string of the molecule is NCc1ccc(C(O)CN2CCCC3C(=O)NCC32)cc1. The van der Waals surface area contributed by atoms with E-state index in [1.165, 1.54) is 0 Å².